The van der Waals surface area contributed by atoms with Crippen LogP contribution in [0.15, 0.2) is 65.4 Å². The summed E-state index contributed by atoms with van der Waals surface area (Å²) in [6.45, 7) is 0.327. The lowest BCUT2D eigenvalue weighted by molar-refractivity contribution is -0.746. The first-order chi connectivity index (χ1) is 15.1. The Bertz CT molecular complexity index is 1450. The zero-order valence-electron chi connectivity index (χ0n) is 16.0. The van der Waals surface area contributed by atoms with Crippen LogP contribution in [-0.2, 0) is 6.54 Å². The molecule has 0 aliphatic rings. The van der Waals surface area contributed by atoms with Crippen molar-refractivity contribution in [1.29, 1.82) is 0 Å². The Kier molecular flexibility index (Phi) is 4.49. The second kappa shape index (κ2) is 7.46. The highest BCUT2D eigenvalue weighted by Gasteiger charge is 2.17. The van der Waals surface area contributed by atoms with E-state index in [2.05, 4.69) is 26.1 Å². The van der Waals surface area contributed by atoms with Gasteiger partial charge in [0.05, 0.1) is 5.56 Å². The highest BCUT2D eigenvalue weighted by atomic mass is 19.2. The Morgan fingerprint density at radius 1 is 1.13 bits per heavy atom. The fourth-order valence-electron chi connectivity index (χ4n) is 3.23. The van der Waals surface area contributed by atoms with E-state index in [0.29, 0.717) is 29.0 Å². The van der Waals surface area contributed by atoms with E-state index >= 15 is 0 Å². The summed E-state index contributed by atoms with van der Waals surface area (Å²) in [4.78, 5) is 7.31. The predicted molar refractivity (Wildman–Crippen MR) is 108 cm³/mol. The van der Waals surface area contributed by atoms with Gasteiger partial charge in [-0.25, -0.2) is 13.8 Å². The second-order valence-electron chi connectivity index (χ2n) is 6.86. The Morgan fingerprint density at radius 2 is 1.97 bits per heavy atom. The standard InChI is InChI=1S/C23H13F2N5O/c1-2-14-6-8-15(9-7-14)19-10-16(31-29-19)12-30-13-21-20(11-26-30)27-23(28-21)17-4-3-5-18(24)22(17)25/h1,3-11,13H,12H2/p+1. The summed E-state index contributed by atoms with van der Waals surface area (Å²) in [5, 5.41) is 8.41. The zero-order valence-corrected chi connectivity index (χ0v) is 16.0. The van der Waals surface area contributed by atoms with Crippen molar-refractivity contribution in [3.05, 3.63) is 83.9 Å². The molecule has 0 spiro atoms. The lowest BCUT2D eigenvalue weighted by Crippen LogP contribution is -2.37. The average Bonchev–Trinajstić information content (AvgIpc) is 3.42. The molecule has 0 aliphatic heterocycles. The zero-order chi connectivity index (χ0) is 21.4. The number of aromatic amines is 1. The van der Waals surface area contributed by atoms with Gasteiger partial charge >= 0.3 is 0 Å². The van der Waals surface area contributed by atoms with Crippen molar-refractivity contribution in [2.24, 2.45) is 0 Å². The smallest absolute Gasteiger partial charge is 0.234 e. The monoisotopic (exact) mass is 414 g/mol. The number of aromatic nitrogens is 5. The van der Waals surface area contributed by atoms with E-state index in [0.717, 1.165) is 17.2 Å². The molecule has 150 valence electrons. The summed E-state index contributed by atoms with van der Waals surface area (Å²) in [6, 6.07) is 13.2. The molecule has 0 aliphatic carbocycles. The largest absolute Gasteiger partial charge is 0.354 e. The Hall–Kier alpha value is -4.38. The first kappa shape index (κ1) is 18.6. The van der Waals surface area contributed by atoms with Crippen molar-refractivity contribution in [3.63, 3.8) is 0 Å². The van der Waals surface area contributed by atoms with Crippen molar-refractivity contribution in [2.45, 2.75) is 6.54 Å². The van der Waals surface area contributed by atoms with Gasteiger partial charge in [0, 0.05) is 17.2 Å². The van der Waals surface area contributed by atoms with Crippen LogP contribution >= 0.6 is 0 Å². The van der Waals surface area contributed by atoms with Crippen molar-refractivity contribution in [2.75, 3.05) is 0 Å². The van der Waals surface area contributed by atoms with Crippen molar-refractivity contribution >= 4 is 11.0 Å². The topological polar surface area (TPSA) is 71.5 Å². The van der Waals surface area contributed by atoms with E-state index in [4.69, 9.17) is 10.9 Å². The number of nitrogens with zero attached hydrogens (tertiary/aromatic N) is 4. The molecule has 0 radical (unpaired) electrons. The van der Waals surface area contributed by atoms with Gasteiger partial charge in [-0.1, -0.05) is 34.0 Å². The molecule has 3 heterocycles. The minimum Gasteiger partial charge on any atom is -0.354 e. The normalized spacial score (nSPS) is 11.0. The van der Waals surface area contributed by atoms with Crippen LogP contribution in [-0.4, -0.2) is 20.2 Å². The van der Waals surface area contributed by atoms with Crippen LogP contribution in [0, 0.1) is 24.0 Å². The molecule has 0 saturated carbocycles. The number of hydrogen-bond acceptors (Lipinski definition) is 4. The summed E-state index contributed by atoms with van der Waals surface area (Å²) in [6.07, 6.45) is 8.64. The second-order valence-corrected chi connectivity index (χ2v) is 6.86. The number of H-pyrrole nitrogens is 1. The average molecular weight is 414 g/mol. The van der Waals surface area contributed by atoms with Crippen LogP contribution in [0.4, 0.5) is 8.78 Å². The van der Waals surface area contributed by atoms with E-state index in [9.17, 15) is 8.78 Å². The lowest BCUT2D eigenvalue weighted by atomic mass is 10.1. The van der Waals surface area contributed by atoms with Gasteiger partial charge in [0.1, 0.15) is 28.7 Å². The summed E-state index contributed by atoms with van der Waals surface area (Å²) < 4.78 is 34.7. The molecule has 0 amide bonds. The first-order valence-corrected chi connectivity index (χ1v) is 9.33. The summed E-state index contributed by atoms with van der Waals surface area (Å²) in [7, 11) is 0. The maximum atomic E-state index is 14.1. The van der Waals surface area contributed by atoms with Crippen molar-refractivity contribution in [3.8, 4) is 35.0 Å². The first-order valence-electron chi connectivity index (χ1n) is 9.33. The molecule has 8 heteroatoms. The third kappa shape index (κ3) is 3.53. The van der Waals surface area contributed by atoms with Gasteiger partial charge in [0.15, 0.2) is 11.6 Å². The molecule has 3 aromatic heterocycles. The highest BCUT2D eigenvalue weighted by molar-refractivity contribution is 5.77. The quantitative estimate of drug-likeness (QED) is 0.358. The van der Waals surface area contributed by atoms with E-state index in [1.54, 1.807) is 17.1 Å². The number of halogens is 2. The molecular formula is C23H14F2N5O+. The SMILES string of the molecule is C#Cc1ccc(-c2cc(C[n+]3cc4[nH]c(-c5cccc(F)c5F)nc4cn3)on2)cc1. The van der Waals surface area contributed by atoms with Crippen LogP contribution in [0.1, 0.15) is 11.3 Å². The number of fused-ring (bicyclic) bond motifs is 1. The molecule has 0 fully saturated rings. The van der Waals surface area contributed by atoms with Crippen molar-refractivity contribution in [1.82, 2.24) is 20.2 Å². The van der Waals surface area contributed by atoms with Crippen LogP contribution in [0.3, 0.4) is 0 Å². The van der Waals surface area contributed by atoms with Gasteiger partial charge in [-0.15, -0.1) is 6.42 Å². The molecular weight excluding hydrogens is 400 g/mol. The predicted octanol–water partition coefficient (Wildman–Crippen LogP) is 3.88. The van der Waals surface area contributed by atoms with Crippen LogP contribution in [0.5, 0.6) is 0 Å². The Balaban J connectivity index is 1.40. The number of terminal acetylenes is 1. The Morgan fingerprint density at radius 3 is 2.77 bits per heavy atom. The van der Waals surface area contributed by atoms with E-state index < -0.39 is 11.6 Å². The minimum absolute atomic E-state index is 0.0541. The summed E-state index contributed by atoms with van der Waals surface area (Å²) >= 11 is 0. The van der Waals surface area contributed by atoms with Gasteiger partial charge in [-0.3, -0.25) is 0 Å². The van der Waals surface area contributed by atoms with Gasteiger partial charge in [0.25, 0.3) is 0 Å². The molecule has 0 atom stereocenters. The van der Waals surface area contributed by atoms with Crippen LogP contribution < -0.4 is 4.68 Å². The molecule has 2 aromatic carbocycles. The van der Waals surface area contributed by atoms with Gasteiger partial charge in [0.2, 0.25) is 18.5 Å². The Labute approximate surface area is 175 Å². The molecule has 5 rings (SSSR count). The molecule has 0 bridgehead atoms. The lowest BCUT2D eigenvalue weighted by Gasteiger charge is -1.99. The third-order valence-electron chi connectivity index (χ3n) is 4.80. The number of imidazole rings is 1. The van der Waals surface area contributed by atoms with Gasteiger partial charge < -0.3 is 9.51 Å². The maximum absolute atomic E-state index is 14.1. The fourth-order valence-corrected chi connectivity index (χ4v) is 3.23. The van der Waals surface area contributed by atoms with Crippen LogP contribution in [0.2, 0.25) is 0 Å². The molecule has 0 saturated heterocycles. The molecule has 6 nitrogen and oxygen atoms in total. The molecule has 5 aromatic rings. The molecule has 1 N–H and O–H groups in total. The minimum atomic E-state index is -0.952. The summed E-state index contributed by atoms with van der Waals surface area (Å²) in [5.41, 5.74) is 3.57. The maximum Gasteiger partial charge on any atom is 0.234 e. The van der Waals surface area contributed by atoms with E-state index in [1.807, 2.05) is 30.3 Å². The van der Waals surface area contributed by atoms with Gasteiger partial charge in [-0.2, -0.15) is 0 Å². The number of rotatable bonds is 4. The van der Waals surface area contributed by atoms with Crippen LogP contribution in [0.25, 0.3) is 33.7 Å². The van der Waals surface area contributed by atoms with Gasteiger partial charge in [-0.05, 0) is 29.4 Å². The number of nitrogens with one attached hydrogen (secondary N) is 1. The summed E-state index contributed by atoms with van der Waals surface area (Å²) in [5.74, 6) is 1.52. The molecule has 0 unspecified atom stereocenters. The molecule has 31 heavy (non-hydrogen) atoms. The van der Waals surface area contributed by atoms with E-state index in [1.165, 1.54) is 12.1 Å². The van der Waals surface area contributed by atoms with Crippen molar-refractivity contribution < 1.29 is 18.0 Å². The fraction of sp³-hybridized carbons (Fsp3) is 0.0435. The van der Waals surface area contributed by atoms with E-state index in [-0.39, 0.29) is 11.4 Å². The highest BCUT2D eigenvalue weighted by Crippen LogP contribution is 2.24. The number of hydrogen-bond donors (Lipinski definition) is 1. The third-order valence-corrected chi connectivity index (χ3v) is 4.80. The number of benzene rings is 2.